The molecule has 0 bridgehead atoms. The summed E-state index contributed by atoms with van der Waals surface area (Å²) in [6, 6.07) is 0. The van der Waals surface area contributed by atoms with Crippen LogP contribution in [0.1, 0.15) is 77.6 Å². The first-order valence-corrected chi connectivity index (χ1v) is 7.08. The molecule has 0 aromatic rings. The number of rotatable bonds is 12. The van der Waals surface area contributed by atoms with Gasteiger partial charge in [0, 0.05) is 0 Å². The largest absolute Gasteiger partial charge is 0.103 e. The Bertz CT molecular complexity index is 167. The van der Waals surface area contributed by atoms with Gasteiger partial charge in [-0.2, -0.15) is 0 Å². The molecule has 0 unspecified atom stereocenters. The standard InChI is InChI=1S/C16H30/c1-4-6-7-8-9-10-11-12-13-15-16(3)14-5-2/h4H,1,3,5-15H2,2H3. The van der Waals surface area contributed by atoms with Crippen LogP contribution in [0.3, 0.4) is 0 Å². The number of hydrogen-bond donors (Lipinski definition) is 0. The Kier molecular flexibility index (Phi) is 12.1. The van der Waals surface area contributed by atoms with Crippen LogP contribution in [0.2, 0.25) is 0 Å². The Morgan fingerprint density at radius 1 is 0.875 bits per heavy atom. The summed E-state index contributed by atoms with van der Waals surface area (Å²) in [5.41, 5.74) is 1.45. The molecule has 0 heteroatoms. The van der Waals surface area contributed by atoms with Crippen LogP contribution in [0.15, 0.2) is 24.8 Å². The van der Waals surface area contributed by atoms with Gasteiger partial charge < -0.3 is 0 Å². The number of hydrogen-bond acceptors (Lipinski definition) is 0. The van der Waals surface area contributed by atoms with Gasteiger partial charge in [-0.05, 0) is 32.1 Å². The smallest absolute Gasteiger partial charge is 0.0323 e. The zero-order valence-corrected chi connectivity index (χ0v) is 11.3. The quantitative estimate of drug-likeness (QED) is 0.279. The van der Waals surface area contributed by atoms with Gasteiger partial charge in [0.25, 0.3) is 0 Å². The van der Waals surface area contributed by atoms with E-state index in [0.29, 0.717) is 0 Å². The summed E-state index contributed by atoms with van der Waals surface area (Å²) in [5, 5.41) is 0. The second-order valence-electron chi connectivity index (χ2n) is 4.80. The first-order valence-electron chi connectivity index (χ1n) is 7.08. The van der Waals surface area contributed by atoms with Crippen molar-refractivity contribution in [3.05, 3.63) is 24.8 Å². The molecule has 0 heterocycles. The second-order valence-corrected chi connectivity index (χ2v) is 4.80. The molecule has 0 fully saturated rings. The molecule has 0 saturated carbocycles. The van der Waals surface area contributed by atoms with E-state index in [4.69, 9.17) is 0 Å². The normalized spacial score (nSPS) is 10.3. The van der Waals surface area contributed by atoms with Gasteiger partial charge in [0.1, 0.15) is 0 Å². The molecule has 0 aromatic heterocycles. The zero-order chi connectivity index (χ0) is 12.1. The van der Waals surface area contributed by atoms with Crippen LogP contribution in [0.4, 0.5) is 0 Å². The predicted octanol–water partition coefficient (Wildman–Crippen LogP) is 6.04. The Balaban J connectivity index is 3.03. The fraction of sp³-hybridized carbons (Fsp3) is 0.750. The third kappa shape index (κ3) is 11.6. The average molecular weight is 222 g/mol. The van der Waals surface area contributed by atoms with E-state index in [0.717, 1.165) is 0 Å². The first-order chi connectivity index (χ1) is 7.81. The molecule has 0 radical (unpaired) electrons. The summed E-state index contributed by atoms with van der Waals surface area (Å²) in [6.45, 7) is 10.1. The van der Waals surface area contributed by atoms with Crippen molar-refractivity contribution in [1.82, 2.24) is 0 Å². The first kappa shape index (κ1) is 15.5. The van der Waals surface area contributed by atoms with Crippen LogP contribution in [0.5, 0.6) is 0 Å². The van der Waals surface area contributed by atoms with Gasteiger partial charge >= 0.3 is 0 Å². The van der Waals surface area contributed by atoms with Crippen LogP contribution in [-0.2, 0) is 0 Å². The van der Waals surface area contributed by atoms with Crippen LogP contribution < -0.4 is 0 Å². The van der Waals surface area contributed by atoms with Crippen LogP contribution in [0.25, 0.3) is 0 Å². The van der Waals surface area contributed by atoms with E-state index >= 15 is 0 Å². The summed E-state index contributed by atoms with van der Waals surface area (Å²) < 4.78 is 0. The molecule has 16 heavy (non-hydrogen) atoms. The van der Waals surface area contributed by atoms with Crippen LogP contribution >= 0.6 is 0 Å². The van der Waals surface area contributed by atoms with Gasteiger partial charge in [-0.3, -0.25) is 0 Å². The Hall–Kier alpha value is -0.520. The molecule has 0 atom stereocenters. The highest BCUT2D eigenvalue weighted by molar-refractivity contribution is 4.92. The molecule has 0 amide bonds. The summed E-state index contributed by atoms with van der Waals surface area (Å²) in [4.78, 5) is 0. The summed E-state index contributed by atoms with van der Waals surface area (Å²) in [6.07, 6.45) is 16.6. The van der Waals surface area contributed by atoms with Gasteiger partial charge in [-0.1, -0.05) is 63.7 Å². The molecule has 0 nitrogen and oxygen atoms in total. The minimum Gasteiger partial charge on any atom is -0.103 e. The van der Waals surface area contributed by atoms with E-state index in [9.17, 15) is 0 Å². The van der Waals surface area contributed by atoms with Gasteiger partial charge in [-0.15, -0.1) is 6.58 Å². The molecule has 0 aliphatic rings. The van der Waals surface area contributed by atoms with E-state index in [1.807, 2.05) is 6.08 Å². The highest BCUT2D eigenvalue weighted by Gasteiger charge is 1.94. The van der Waals surface area contributed by atoms with E-state index in [1.54, 1.807) is 0 Å². The van der Waals surface area contributed by atoms with E-state index in [1.165, 1.54) is 76.2 Å². The van der Waals surface area contributed by atoms with Crippen molar-refractivity contribution in [2.75, 3.05) is 0 Å². The highest BCUT2D eigenvalue weighted by Crippen LogP contribution is 2.14. The van der Waals surface area contributed by atoms with Crippen molar-refractivity contribution in [3.63, 3.8) is 0 Å². The van der Waals surface area contributed by atoms with Gasteiger partial charge in [-0.25, -0.2) is 0 Å². The van der Waals surface area contributed by atoms with Crippen molar-refractivity contribution >= 4 is 0 Å². The minimum absolute atomic E-state index is 1.19. The molecule has 0 saturated heterocycles. The zero-order valence-electron chi connectivity index (χ0n) is 11.3. The lowest BCUT2D eigenvalue weighted by molar-refractivity contribution is 0.578. The van der Waals surface area contributed by atoms with E-state index < -0.39 is 0 Å². The van der Waals surface area contributed by atoms with Gasteiger partial charge in [0.15, 0.2) is 0 Å². The topological polar surface area (TPSA) is 0 Å². The minimum atomic E-state index is 1.19. The average Bonchev–Trinajstić information content (AvgIpc) is 2.27. The second kappa shape index (κ2) is 12.5. The molecule has 0 aliphatic carbocycles. The third-order valence-corrected chi connectivity index (χ3v) is 3.04. The van der Waals surface area contributed by atoms with E-state index in [-0.39, 0.29) is 0 Å². The monoisotopic (exact) mass is 222 g/mol. The SMILES string of the molecule is C=CCCCCCCCCCC(=C)CCC. The molecule has 0 rings (SSSR count). The lowest BCUT2D eigenvalue weighted by Crippen LogP contribution is -1.84. The van der Waals surface area contributed by atoms with Crippen molar-refractivity contribution in [3.8, 4) is 0 Å². The number of allylic oxidation sites excluding steroid dienone is 2. The maximum Gasteiger partial charge on any atom is -0.0323 e. The van der Waals surface area contributed by atoms with Crippen molar-refractivity contribution in [2.45, 2.75) is 77.6 Å². The Morgan fingerprint density at radius 3 is 2.00 bits per heavy atom. The van der Waals surface area contributed by atoms with Crippen molar-refractivity contribution in [1.29, 1.82) is 0 Å². The Morgan fingerprint density at radius 2 is 1.44 bits per heavy atom. The summed E-state index contributed by atoms with van der Waals surface area (Å²) in [5.74, 6) is 0. The molecule has 0 spiro atoms. The van der Waals surface area contributed by atoms with Gasteiger partial charge in [0.05, 0.1) is 0 Å². The molecule has 0 aliphatic heterocycles. The fourth-order valence-electron chi connectivity index (χ4n) is 2.03. The maximum absolute atomic E-state index is 4.10. The molecule has 0 N–H and O–H groups in total. The maximum atomic E-state index is 4.10. The molecular formula is C16H30. The molecule has 0 aromatic carbocycles. The summed E-state index contributed by atoms with van der Waals surface area (Å²) >= 11 is 0. The van der Waals surface area contributed by atoms with E-state index in [2.05, 4.69) is 20.1 Å². The van der Waals surface area contributed by atoms with Crippen LogP contribution in [0, 0.1) is 0 Å². The lowest BCUT2D eigenvalue weighted by atomic mass is 10.0. The van der Waals surface area contributed by atoms with Crippen LogP contribution in [-0.4, -0.2) is 0 Å². The lowest BCUT2D eigenvalue weighted by Gasteiger charge is -2.04. The number of unbranched alkanes of at least 4 members (excludes halogenated alkanes) is 7. The van der Waals surface area contributed by atoms with Gasteiger partial charge in [0.2, 0.25) is 0 Å². The molecule has 94 valence electrons. The third-order valence-electron chi connectivity index (χ3n) is 3.04. The van der Waals surface area contributed by atoms with Crippen molar-refractivity contribution < 1.29 is 0 Å². The van der Waals surface area contributed by atoms with Crippen molar-refractivity contribution in [2.24, 2.45) is 0 Å². The fourth-order valence-corrected chi connectivity index (χ4v) is 2.03. The Labute approximate surface area is 103 Å². The summed E-state index contributed by atoms with van der Waals surface area (Å²) in [7, 11) is 0. The highest BCUT2D eigenvalue weighted by atomic mass is 14.0. The molecular weight excluding hydrogens is 192 g/mol. The predicted molar refractivity (Wildman–Crippen MR) is 75.8 cm³/mol.